The van der Waals surface area contributed by atoms with E-state index in [4.69, 9.17) is 4.74 Å². The van der Waals surface area contributed by atoms with Crippen molar-refractivity contribution < 1.29 is 14.6 Å². The van der Waals surface area contributed by atoms with Gasteiger partial charge in [0.05, 0.1) is 24.6 Å². The largest absolute Gasteiger partial charge is 0.493 e. The lowest BCUT2D eigenvalue weighted by molar-refractivity contribution is 0.0303. The molecule has 2 N–H and O–H groups in total. The third-order valence-electron chi connectivity index (χ3n) is 5.54. The molecule has 1 aliphatic rings. The predicted molar refractivity (Wildman–Crippen MR) is 132 cm³/mol. The van der Waals surface area contributed by atoms with Gasteiger partial charge in [-0.05, 0) is 54.4 Å². The number of morpholine rings is 1. The fourth-order valence-electron chi connectivity index (χ4n) is 3.71. The number of aromatic hydroxyl groups is 1. The van der Waals surface area contributed by atoms with Gasteiger partial charge in [-0.1, -0.05) is 22.9 Å². The lowest BCUT2D eigenvalue weighted by atomic mass is 10.1. The predicted octanol–water partition coefficient (Wildman–Crippen LogP) is 2.78. The number of aromatic amines is 1. The Bertz CT molecular complexity index is 1360. The quantitative estimate of drug-likeness (QED) is 0.495. The number of nitrogens with zero attached hydrogens (tertiary/aromatic N) is 3. The van der Waals surface area contributed by atoms with Crippen LogP contribution in [0.3, 0.4) is 0 Å². The van der Waals surface area contributed by atoms with Crippen LogP contribution >= 0.6 is 15.9 Å². The molecule has 4 rings (SSSR count). The van der Waals surface area contributed by atoms with Crippen LogP contribution in [0, 0.1) is 0 Å². The number of ether oxygens (including phenoxy) is 1. The molecular formula is C24H23BrN4O5. The smallest absolute Gasteiger partial charge is 0.335 e. The number of hydrogen-bond donors (Lipinski definition) is 2. The highest BCUT2D eigenvalue weighted by molar-refractivity contribution is 9.10. The maximum absolute atomic E-state index is 12.6. The zero-order valence-corrected chi connectivity index (χ0v) is 20.0. The van der Waals surface area contributed by atoms with Gasteiger partial charge in [0.1, 0.15) is 5.56 Å². The fourth-order valence-corrected chi connectivity index (χ4v) is 4.12. The number of aliphatic imine (C=N–C) groups is 1. The number of rotatable bonds is 5. The molecule has 2 aromatic carbocycles. The highest BCUT2D eigenvalue weighted by atomic mass is 79.9. The topological polar surface area (TPSA) is 117 Å². The van der Waals surface area contributed by atoms with Crippen LogP contribution in [0.4, 0.5) is 5.69 Å². The first kappa shape index (κ1) is 23.7. The first-order valence-corrected chi connectivity index (χ1v) is 11.6. The van der Waals surface area contributed by atoms with Gasteiger partial charge in [-0.3, -0.25) is 19.6 Å². The minimum Gasteiger partial charge on any atom is -0.493 e. The molecule has 3 aromatic rings. The van der Waals surface area contributed by atoms with Gasteiger partial charge < -0.3 is 14.7 Å². The van der Waals surface area contributed by atoms with Gasteiger partial charge >= 0.3 is 5.69 Å². The molecule has 1 aliphatic heterocycles. The Morgan fingerprint density at radius 1 is 1.18 bits per heavy atom. The molecule has 0 spiro atoms. The number of H-pyrrole nitrogens is 1. The molecule has 176 valence electrons. The molecule has 0 radical (unpaired) electrons. The Kier molecular flexibility index (Phi) is 7.09. The molecule has 0 atom stereocenters. The van der Waals surface area contributed by atoms with E-state index in [0.717, 1.165) is 14.6 Å². The van der Waals surface area contributed by atoms with Crippen molar-refractivity contribution in [3.63, 3.8) is 0 Å². The summed E-state index contributed by atoms with van der Waals surface area (Å²) in [7, 11) is 0. The van der Waals surface area contributed by atoms with E-state index < -0.39 is 17.1 Å². The second-order valence-corrected chi connectivity index (χ2v) is 8.58. The lowest BCUT2D eigenvalue weighted by Crippen LogP contribution is -2.40. The number of carbonyl (C=O) groups is 1. The lowest BCUT2D eigenvalue weighted by Gasteiger charge is -2.26. The Hall–Kier alpha value is -3.50. The SMILES string of the molecule is CCc1cc(Br)ccc1-n1c(O)c(C=Nc2ccc(C(=O)N3CCOCC3)cc2)c(=O)[nH]c1=O. The number of aryl methyl sites for hydroxylation is 1. The highest BCUT2D eigenvalue weighted by Crippen LogP contribution is 2.24. The minimum absolute atomic E-state index is 0.0822. The number of aromatic nitrogens is 2. The molecule has 34 heavy (non-hydrogen) atoms. The van der Waals surface area contributed by atoms with Gasteiger partial charge in [-0.2, -0.15) is 0 Å². The van der Waals surface area contributed by atoms with Crippen LogP contribution in [0.1, 0.15) is 28.4 Å². The maximum atomic E-state index is 12.6. The molecule has 1 aromatic heterocycles. The van der Waals surface area contributed by atoms with E-state index in [-0.39, 0.29) is 11.5 Å². The second-order valence-electron chi connectivity index (χ2n) is 7.67. The molecule has 0 bridgehead atoms. The summed E-state index contributed by atoms with van der Waals surface area (Å²) in [5, 5.41) is 10.8. The summed E-state index contributed by atoms with van der Waals surface area (Å²) in [6.07, 6.45) is 1.81. The fraction of sp³-hybridized carbons (Fsp3) is 0.250. The number of benzene rings is 2. The molecule has 2 heterocycles. The molecular weight excluding hydrogens is 504 g/mol. The Balaban J connectivity index is 1.64. The number of hydrogen-bond acceptors (Lipinski definition) is 6. The Morgan fingerprint density at radius 3 is 2.56 bits per heavy atom. The average Bonchev–Trinajstić information content (AvgIpc) is 2.85. The molecule has 10 heteroatoms. The molecule has 1 saturated heterocycles. The summed E-state index contributed by atoms with van der Waals surface area (Å²) in [6.45, 7) is 4.07. The van der Waals surface area contributed by atoms with E-state index in [9.17, 15) is 19.5 Å². The van der Waals surface area contributed by atoms with E-state index in [0.29, 0.717) is 49.7 Å². The molecule has 0 saturated carbocycles. The third kappa shape index (κ3) is 4.87. The van der Waals surface area contributed by atoms with Gasteiger partial charge in [0.25, 0.3) is 11.5 Å². The summed E-state index contributed by atoms with van der Waals surface area (Å²) in [6, 6.07) is 11.9. The monoisotopic (exact) mass is 526 g/mol. The average molecular weight is 527 g/mol. The van der Waals surface area contributed by atoms with E-state index in [1.165, 1.54) is 6.21 Å². The molecule has 1 fully saturated rings. The number of nitrogens with one attached hydrogen (secondary N) is 1. The highest BCUT2D eigenvalue weighted by Gasteiger charge is 2.19. The third-order valence-corrected chi connectivity index (χ3v) is 6.03. The first-order valence-electron chi connectivity index (χ1n) is 10.8. The van der Waals surface area contributed by atoms with E-state index >= 15 is 0 Å². The van der Waals surface area contributed by atoms with Gasteiger partial charge in [0.2, 0.25) is 5.88 Å². The van der Waals surface area contributed by atoms with Crippen LogP contribution in [0.15, 0.2) is 61.5 Å². The summed E-state index contributed by atoms with van der Waals surface area (Å²) in [5.41, 5.74) is 0.621. The Morgan fingerprint density at radius 2 is 1.88 bits per heavy atom. The number of halogens is 1. The normalized spacial score (nSPS) is 14.0. The van der Waals surface area contributed by atoms with E-state index in [1.54, 1.807) is 41.3 Å². The van der Waals surface area contributed by atoms with Crippen molar-refractivity contribution in [2.75, 3.05) is 26.3 Å². The van der Waals surface area contributed by atoms with Crippen LogP contribution in [0.25, 0.3) is 5.69 Å². The van der Waals surface area contributed by atoms with Crippen molar-refractivity contribution in [2.45, 2.75) is 13.3 Å². The van der Waals surface area contributed by atoms with E-state index in [2.05, 4.69) is 25.9 Å². The molecule has 1 amide bonds. The standard InChI is InChI=1S/C24H23BrN4O5/c1-2-15-13-17(25)5-8-20(15)29-23(32)19(21(30)27-24(29)33)14-26-18-6-3-16(4-7-18)22(31)28-9-11-34-12-10-28/h3-8,13-14,32H,2,9-12H2,1H3,(H,27,30,33). The van der Waals surface area contributed by atoms with Gasteiger partial charge in [-0.25, -0.2) is 9.36 Å². The van der Waals surface area contributed by atoms with E-state index in [1.807, 2.05) is 13.0 Å². The van der Waals surface area contributed by atoms with Crippen molar-refractivity contribution in [2.24, 2.45) is 4.99 Å². The molecule has 9 nitrogen and oxygen atoms in total. The van der Waals surface area contributed by atoms with Gasteiger partial charge in [0, 0.05) is 29.3 Å². The molecule has 0 aliphatic carbocycles. The molecule has 0 unspecified atom stereocenters. The van der Waals surface area contributed by atoms with Crippen LogP contribution in [-0.2, 0) is 11.2 Å². The second kappa shape index (κ2) is 10.2. The zero-order chi connectivity index (χ0) is 24.2. The zero-order valence-electron chi connectivity index (χ0n) is 18.5. The number of carbonyl (C=O) groups excluding carboxylic acids is 1. The van der Waals surface area contributed by atoms with Gasteiger partial charge in [-0.15, -0.1) is 0 Å². The summed E-state index contributed by atoms with van der Waals surface area (Å²) in [5.74, 6) is -0.588. The van der Waals surface area contributed by atoms with Crippen molar-refractivity contribution >= 4 is 33.7 Å². The van der Waals surface area contributed by atoms with Crippen LogP contribution in [0.2, 0.25) is 0 Å². The number of amides is 1. The minimum atomic E-state index is -0.753. The summed E-state index contributed by atoms with van der Waals surface area (Å²) < 4.78 is 7.16. The summed E-state index contributed by atoms with van der Waals surface area (Å²) >= 11 is 3.40. The van der Waals surface area contributed by atoms with Crippen LogP contribution < -0.4 is 11.2 Å². The van der Waals surface area contributed by atoms with Crippen molar-refractivity contribution in [3.8, 4) is 11.6 Å². The van der Waals surface area contributed by atoms with Crippen LogP contribution in [0.5, 0.6) is 5.88 Å². The first-order chi connectivity index (χ1) is 16.4. The van der Waals surface area contributed by atoms with Crippen molar-refractivity contribution in [1.82, 2.24) is 14.5 Å². The van der Waals surface area contributed by atoms with Gasteiger partial charge in [0.15, 0.2) is 0 Å². The van der Waals surface area contributed by atoms with Crippen LogP contribution in [-0.4, -0.2) is 58.0 Å². The Labute approximate surface area is 203 Å². The van der Waals surface area contributed by atoms with Crippen molar-refractivity contribution in [3.05, 3.63) is 84.5 Å². The van der Waals surface area contributed by atoms with Crippen molar-refractivity contribution in [1.29, 1.82) is 0 Å². The summed E-state index contributed by atoms with van der Waals surface area (Å²) in [4.78, 5) is 45.7. The maximum Gasteiger partial charge on any atom is 0.335 e.